The van der Waals surface area contributed by atoms with Crippen LogP contribution >= 0.6 is 11.3 Å². The van der Waals surface area contributed by atoms with Crippen LogP contribution in [0.2, 0.25) is 0 Å². The molecule has 0 amide bonds. The quantitative estimate of drug-likeness (QED) is 0.484. The van der Waals surface area contributed by atoms with Crippen LogP contribution in [-0.4, -0.2) is 17.6 Å². The van der Waals surface area contributed by atoms with Gasteiger partial charge < -0.3 is 9.47 Å². The van der Waals surface area contributed by atoms with Crippen molar-refractivity contribution in [2.24, 2.45) is 0 Å². The third-order valence-corrected chi connectivity index (χ3v) is 5.31. The lowest BCUT2D eigenvalue weighted by Gasteiger charge is -2.14. The third kappa shape index (κ3) is 5.20. The highest BCUT2D eigenvalue weighted by atomic mass is 32.1. The van der Waals surface area contributed by atoms with E-state index in [0.29, 0.717) is 5.92 Å². The lowest BCUT2D eigenvalue weighted by atomic mass is 10.0. The van der Waals surface area contributed by atoms with E-state index >= 15 is 0 Å². The maximum Gasteiger partial charge on any atom is 0.344 e. The fourth-order valence-corrected chi connectivity index (χ4v) is 3.59. The van der Waals surface area contributed by atoms with Crippen LogP contribution in [0.25, 0.3) is 10.6 Å². The number of hydrogen-bond donors (Lipinski definition) is 0. The first-order valence-corrected chi connectivity index (χ1v) is 10.2. The van der Waals surface area contributed by atoms with E-state index in [1.807, 2.05) is 42.6 Å². The molecule has 0 radical (unpaired) electrons. The summed E-state index contributed by atoms with van der Waals surface area (Å²) in [6.45, 7) is 8.30. The first-order valence-electron chi connectivity index (χ1n) is 9.33. The van der Waals surface area contributed by atoms with Crippen molar-refractivity contribution < 1.29 is 14.3 Å². The van der Waals surface area contributed by atoms with Crippen LogP contribution in [0.1, 0.15) is 42.1 Å². The van der Waals surface area contributed by atoms with E-state index in [1.165, 1.54) is 5.56 Å². The molecule has 28 heavy (non-hydrogen) atoms. The van der Waals surface area contributed by atoms with Gasteiger partial charge in [0.15, 0.2) is 6.61 Å². The number of aromatic nitrogens is 1. The number of aryl methyl sites for hydroxylation is 2. The van der Waals surface area contributed by atoms with Gasteiger partial charge in [-0.3, -0.25) is 0 Å². The minimum Gasteiger partial charge on any atom is -0.482 e. The van der Waals surface area contributed by atoms with Crippen LogP contribution < -0.4 is 4.74 Å². The second kappa shape index (κ2) is 9.02. The van der Waals surface area contributed by atoms with Crippen molar-refractivity contribution in [1.29, 1.82) is 0 Å². The van der Waals surface area contributed by atoms with E-state index in [0.717, 1.165) is 33.1 Å². The number of esters is 1. The molecule has 0 spiro atoms. The molecule has 2 aromatic carbocycles. The summed E-state index contributed by atoms with van der Waals surface area (Å²) in [4.78, 5) is 16.6. The highest BCUT2D eigenvalue weighted by Crippen LogP contribution is 2.27. The molecule has 0 unspecified atom stereocenters. The van der Waals surface area contributed by atoms with Crippen molar-refractivity contribution in [3.8, 4) is 16.3 Å². The van der Waals surface area contributed by atoms with Gasteiger partial charge >= 0.3 is 5.97 Å². The number of carbonyl (C=O) groups excluding carboxylic acids is 1. The molecule has 1 heterocycles. The Morgan fingerprint density at radius 3 is 2.50 bits per heavy atom. The lowest BCUT2D eigenvalue weighted by Crippen LogP contribution is -2.15. The summed E-state index contributed by atoms with van der Waals surface area (Å²) in [6, 6.07) is 14.3. The average Bonchev–Trinajstić information content (AvgIpc) is 3.14. The van der Waals surface area contributed by atoms with Gasteiger partial charge in [0.05, 0.1) is 5.69 Å². The van der Waals surface area contributed by atoms with Crippen LogP contribution in [0, 0.1) is 13.8 Å². The van der Waals surface area contributed by atoms with Gasteiger partial charge in [0, 0.05) is 10.9 Å². The number of thiazole rings is 1. The summed E-state index contributed by atoms with van der Waals surface area (Å²) in [5, 5.41) is 2.84. The molecule has 4 nitrogen and oxygen atoms in total. The molecule has 0 atom stereocenters. The Bertz CT molecular complexity index is 945. The minimum absolute atomic E-state index is 0.113. The number of carbonyl (C=O) groups is 1. The Balaban J connectivity index is 1.54. The summed E-state index contributed by atoms with van der Waals surface area (Å²) < 4.78 is 11.1. The van der Waals surface area contributed by atoms with Crippen molar-refractivity contribution in [3.05, 3.63) is 70.2 Å². The molecule has 3 rings (SSSR count). The summed E-state index contributed by atoms with van der Waals surface area (Å²) in [6.07, 6.45) is 0. The number of hydrogen-bond acceptors (Lipinski definition) is 5. The second-order valence-electron chi connectivity index (χ2n) is 7.16. The van der Waals surface area contributed by atoms with Gasteiger partial charge in [-0.2, -0.15) is 0 Å². The van der Waals surface area contributed by atoms with Gasteiger partial charge in [-0.15, -0.1) is 11.3 Å². The molecule has 0 N–H and O–H groups in total. The van der Waals surface area contributed by atoms with Crippen LogP contribution in [0.4, 0.5) is 0 Å². The molecule has 0 saturated heterocycles. The largest absolute Gasteiger partial charge is 0.482 e. The number of ether oxygens (including phenoxy) is 2. The second-order valence-corrected chi connectivity index (χ2v) is 8.01. The van der Waals surface area contributed by atoms with Crippen LogP contribution in [0.5, 0.6) is 5.75 Å². The van der Waals surface area contributed by atoms with Gasteiger partial charge in [0.1, 0.15) is 17.4 Å². The summed E-state index contributed by atoms with van der Waals surface area (Å²) in [5.74, 6) is 0.658. The maximum atomic E-state index is 12.1. The van der Waals surface area contributed by atoms with Crippen molar-refractivity contribution in [3.63, 3.8) is 0 Å². The minimum atomic E-state index is -0.402. The fourth-order valence-electron chi connectivity index (χ4n) is 2.78. The zero-order valence-electron chi connectivity index (χ0n) is 16.7. The first-order chi connectivity index (χ1) is 13.4. The molecule has 5 heteroatoms. The summed E-state index contributed by atoms with van der Waals surface area (Å²) in [7, 11) is 0. The monoisotopic (exact) mass is 395 g/mol. The molecule has 3 aromatic rings. The van der Waals surface area contributed by atoms with Gasteiger partial charge in [0.2, 0.25) is 0 Å². The Hall–Kier alpha value is -2.66. The van der Waals surface area contributed by atoms with Crippen molar-refractivity contribution in [2.45, 2.75) is 40.2 Å². The van der Waals surface area contributed by atoms with Gasteiger partial charge in [-0.25, -0.2) is 9.78 Å². The number of benzene rings is 2. The third-order valence-electron chi connectivity index (χ3n) is 4.37. The standard InChI is InChI=1S/C23H25NO3S/c1-15(2)20-10-7-17(4)11-21(20)26-13-22(25)27-12-19-14-28-23(24-19)18-8-5-16(3)6-9-18/h5-11,14-15H,12-13H2,1-4H3. The molecule has 0 saturated carbocycles. The first kappa shape index (κ1) is 20.1. The predicted molar refractivity (Wildman–Crippen MR) is 113 cm³/mol. The van der Waals surface area contributed by atoms with Crippen molar-refractivity contribution >= 4 is 17.3 Å². The molecule has 1 aromatic heterocycles. The van der Waals surface area contributed by atoms with Crippen LogP contribution in [0.3, 0.4) is 0 Å². The Labute approximate surface area is 170 Å². The molecule has 0 aliphatic rings. The van der Waals surface area contributed by atoms with E-state index in [2.05, 4.69) is 37.9 Å². The molecule has 0 bridgehead atoms. The van der Waals surface area contributed by atoms with E-state index in [9.17, 15) is 4.79 Å². The molecule has 146 valence electrons. The summed E-state index contributed by atoms with van der Waals surface area (Å²) >= 11 is 1.54. The molecule has 0 fully saturated rings. The van der Waals surface area contributed by atoms with E-state index in [1.54, 1.807) is 11.3 Å². The van der Waals surface area contributed by atoms with Gasteiger partial charge in [0.25, 0.3) is 0 Å². The lowest BCUT2D eigenvalue weighted by molar-refractivity contribution is -0.147. The maximum absolute atomic E-state index is 12.1. The van der Waals surface area contributed by atoms with E-state index < -0.39 is 5.97 Å². The topological polar surface area (TPSA) is 48.4 Å². The highest BCUT2D eigenvalue weighted by Gasteiger charge is 2.12. The molecule has 0 aliphatic carbocycles. The average molecular weight is 396 g/mol. The molecular weight excluding hydrogens is 370 g/mol. The fraction of sp³-hybridized carbons (Fsp3) is 0.304. The zero-order chi connectivity index (χ0) is 20.1. The van der Waals surface area contributed by atoms with Gasteiger partial charge in [-0.05, 0) is 37.0 Å². The van der Waals surface area contributed by atoms with E-state index in [-0.39, 0.29) is 13.2 Å². The number of nitrogens with zero attached hydrogens (tertiary/aromatic N) is 1. The Morgan fingerprint density at radius 1 is 1.07 bits per heavy atom. The normalized spacial score (nSPS) is 10.9. The van der Waals surface area contributed by atoms with Crippen LogP contribution in [0.15, 0.2) is 47.8 Å². The van der Waals surface area contributed by atoms with E-state index in [4.69, 9.17) is 9.47 Å². The summed E-state index contributed by atoms with van der Waals surface area (Å²) in [5.41, 5.74) is 5.20. The van der Waals surface area contributed by atoms with Crippen LogP contribution in [-0.2, 0) is 16.1 Å². The molecular formula is C23H25NO3S. The smallest absolute Gasteiger partial charge is 0.344 e. The van der Waals surface area contributed by atoms with Crippen molar-refractivity contribution in [1.82, 2.24) is 4.98 Å². The van der Waals surface area contributed by atoms with Gasteiger partial charge in [-0.1, -0.05) is 55.8 Å². The predicted octanol–water partition coefficient (Wildman–Crippen LogP) is 5.67. The highest BCUT2D eigenvalue weighted by molar-refractivity contribution is 7.13. The Morgan fingerprint density at radius 2 is 1.79 bits per heavy atom. The zero-order valence-corrected chi connectivity index (χ0v) is 17.5. The van der Waals surface area contributed by atoms with Crippen molar-refractivity contribution in [2.75, 3.05) is 6.61 Å². The Kier molecular flexibility index (Phi) is 6.47. The molecule has 0 aliphatic heterocycles. The number of rotatable bonds is 7. The SMILES string of the molecule is Cc1ccc(-c2nc(COC(=O)COc3cc(C)ccc3C(C)C)cs2)cc1.